The van der Waals surface area contributed by atoms with Crippen molar-refractivity contribution >= 4 is 17.3 Å². The molecule has 0 saturated carbocycles. The van der Waals surface area contributed by atoms with E-state index in [2.05, 4.69) is 5.32 Å². The fourth-order valence-corrected chi connectivity index (χ4v) is 2.32. The van der Waals surface area contributed by atoms with Crippen LogP contribution >= 0.6 is 11.6 Å². The Balaban J connectivity index is 1.95. The van der Waals surface area contributed by atoms with Crippen molar-refractivity contribution in [3.63, 3.8) is 0 Å². The van der Waals surface area contributed by atoms with E-state index in [1.807, 2.05) is 25.1 Å². The quantitative estimate of drug-likeness (QED) is 0.835. The number of fused-ring (bicyclic) bond motifs is 1. The van der Waals surface area contributed by atoms with Gasteiger partial charge < -0.3 is 14.5 Å². The zero-order valence-electron chi connectivity index (χ0n) is 9.37. The minimum Gasteiger partial charge on any atom is -0.481 e. The maximum absolute atomic E-state index is 6.01. The molecule has 0 radical (unpaired) electrons. The van der Waals surface area contributed by atoms with Gasteiger partial charge in [0.2, 0.25) is 0 Å². The smallest absolute Gasteiger partial charge is 0.146 e. The summed E-state index contributed by atoms with van der Waals surface area (Å²) in [5.74, 6) is 0.867. The average molecular weight is 250 g/mol. The predicted molar refractivity (Wildman–Crippen MR) is 66.8 cm³/mol. The summed E-state index contributed by atoms with van der Waals surface area (Å²) in [7, 11) is 0. The van der Waals surface area contributed by atoms with Crippen LogP contribution in [-0.2, 0) is 0 Å². The van der Waals surface area contributed by atoms with Gasteiger partial charge in [0.15, 0.2) is 0 Å². The second-order valence-electron chi connectivity index (χ2n) is 4.14. The Labute approximate surface area is 104 Å². The largest absolute Gasteiger partial charge is 0.481 e. The summed E-state index contributed by atoms with van der Waals surface area (Å²) in [6.07, 6.45) is 3.35. The van der Waals surface area contributed by atoms with Gasteiger partial charge in [-0.3, -0.25) is 0 Å². The Morgan fingerprint density at radius 3 is 3.06 bits per heavy atom. The molecule has 4 heteroatoms. The van der Waals surface area contributed by atoms with Gasteiger partial charge in [-0.1, -0.05) is 11.6 Å². The number of nitrogens with one attached hydrogen (secondary N) is 1. The maximum Gasteiger partial charge on any atom is 0.146 e. The van der Waals surface area contributed by atoms with Gasteiger partial charge in [0, 0.05) is 10.6 Å². The minimum atomic E-state index is -0.0128. The van der Waals surface area contributed by atoms with Crippen molar-refractivity contribution in [2.45, 2.75) is 13.0 Å². The third-order valence-electron chi connectivity index (χ3n) is 2.89. The zero-order valence-corrected chi connectivity index (χ0v) is 10.1. The Hall–Kier alpha value is -1.61. The number of ether oxygens (including phenoxy) is 1. The second kappa shape index (κ2) is 4.00. The summed E-state index contributed by atoms with van der Waals surface area (Å²) in [6.45, 7) is 2.70. The van der Waals surface area contributed by atoms with E-state index in [4.69, 9.17) is 20.8 Å². The second-order valence-corrected chi connectivity index (χ2v) is 4.58. The van der Waals surface area contributed by atoms with E-state index in [1.165, 1.54) is 0 Å². The minimum absolute atomic E-state index is 0.0128. The first-order chi connectivity index (χ1) is 8.24. The highest BCUT2D eigenvalue weighted by atomic mass is 35.5. The van der Waals surface area contributed by atoms with Crippen LogP contribution in [0.1, 0.15) is 17.2 Å². The van der Waals surface area contributed by atoms with Crippen molar-refractivity contribution in [3.05, 3.63) is 46.9 Å². The molecule has 1 aliphatic rings. The van der Waals surface area contributed by atoms with Crippen LogP contribution in [0.3, 0.4) is 0 Å². The highest BCUT2D eigenvalue weighted by Crippen LogP contribution is 2.38. The predicted octanol–water partition coefficient (Wildman–Crippen LogP) is 3.79. The number of hydrogen-bond donors (Lipinski definition) is 1. The summed E-state index contributed by atoms with van der Waals surface area (Å²) in [5, 5.41) is 4.05. The molecule has 17 heavy (non-hydrogen) atoms. The highest BCUT2D eigenvalue weighted by molar-refractivity contribution is 6.31. The highest BCUT2D eigenvalue weighted by Gasteiger charge is 2.23. The summed E-state index contributed by atoms with van der Waals surface area (Å²) in [4.78, 5) is 0. The van der Waals surface area contributed by atoms with E-state index in [1.54, 1.807) is 12.5 Å². The number of rotatable bonds is 1. The van der Waals surface area contributed by atoms with Gasteiger partial charge in [-0.25, -0.2) is 0 Å². The molecular weight excluding hydrogens is 238 g/mol. The van der Waals surface area contributed by atoms with Crippen LogP contribution in [-0.4, -0.2) is 6.54 Å². The number of aryl methyl sites for hydroxylation is 1. The Morgan fingerprint density at radius 1 is 1.41 bits per heavy atom. The summed E-state index contributed by atoms with van der Waals surface area (Å²) in [6, 6.07) is 5.71. The topological polar surface area (TPSA) is 34.4 Å². The van der Waals surface area contributed by atoms with Crippen molar-refractivity contribution in [3.8, 4) is 5.75 Å². The van der Waals surface area contributed by atoms with Crippen LogP contribution in [0.2, 0.25) is 5.02 Å². The lowest BCUT2D eigenvalue weighted by Gasteiger charge is -2.28. The molecule has 0 spiro atoms. The van der Waals surface area contributed by atoms with Crippen LogP contribution in [0.4, 0.5) is 5.69 Å². The molecule has 88 valence electrons. The van der Waals surface area contributed by atoms with Crippen molar-refractivity contribution in [1.82, 2.24) is 0 Å². The first kappa shape index (κ1) is 10.5. The van der Waals surface area contributed by atoms with Gasteiger partial charge in [0.1, 0.15) is 11.9 Å². The van der Waals surface area contributed by atoms with E-state index in [0.29, 0.717) is 6.54 Å². The van der Waals surface area contributed by atoms with E-state index in [0.717, 1.165) is 27.6 Å². The van der Waals surface area contributed by atoms with Gasteiger partial charge in [0.05, 0.1) is 24.8 Å². The van der Waals surface area contributed by atoms with Crippen molar-refractivity contribution in [1.29, 1.82) is 0 Å². The van der Waals surface area contributed by atoms with Crippen molar-refractivity contribution < 1.29 is 9.15 Å². The molecule has 3 rings (SSSR count). The fourth-order valence-electron chi connectivity index (χ4n) is 2.05. The van der Waals surface area contributed by atoms with Crippen molar-refractivity contribution in [2.24, 2.45) is 0 Å². The summed E-state index contributed by atoms with van der Waals surface area (Å²) < 4.78 is 11.1. The lowest BCUT2D eigenvalue weighted by molar-refractivity contribution is 0.208. The SMILES string of the molecule is Cc1cc(Cl)cc2c1OC(c1ccoc1)CN2. The monoisotopic (exact) mass is 249 g/mol. The maximum atomic E-state index is 6.01. The van der Waals surface area contributed by atoms with E-state index in [9.17, 15) is 0 Å². The molecule has 1 aromatic carbocycles. The number of benzene rings is 1. The molecule has 3 nitrogen and oxygen atoms in total. The van der Waals surface area contributed by atoms with Crippen LogP contribution < -0.4 is 10.1 Å². The number of hydrogen-bond acceptors (Lipinski definition) is 3. The first-order valence-corrected chi connectivity index (χ1v) is 5.84. The number of halogens is 1. The van der Waals surface area contributed by atoms with E-state index < -0.39 is 0 Å². The molecule has 1 aromatic heterocycles. The normalized spacial score (nSPS) is 18.1. The molecule has 1 N–H and O–H groups in total. The molecule has 0 bridgehead atoms. The van der Waals surface area contributed by atoms with Crippen LogP contribution in [0.25, 0.3) is 0 Å². The molecule has 0 aliphatic carbocycles. The molecule has 2 aromatic rings. The van der Waals surface area contributed by atoms with Crippen molar-refractivity contribution in [2.75, 3.05) is 11.9 Å². The number of anilines is 1. The fraction of sp³-hybridized carbons (Fsp3) is 0.231. The standard InChI is InChI=1S/C13H12ClNO2/c1-8-4-10(14)5-11-13(8)17-12(6-15-11)9-2-3-16-7-9/h2-5,7,12,15H,6H2,1H3. The van der Waals surface area contributed by atoms with Gasteiger partial charge in [-0.15, -0.1) is 0 Å². The van der Waals surface area contributed by atoms with Gasteiger partial charge >= 0.3 is 0 Å². The molecule has 2 heterocycles. The van der Waals surface area contributed by atoms with Crippen LogP contribution in [0, 0.1) is 6.92 Å². The molecule has 0 fully saturated rings. The molecule has 0 amide bonds. The van der Waals surface area contributed by atoms with E-state index in [-0.39, 0.29) is 6.10 Å². The lowest BCUT2D eigenvalue weighted by Crippen LogP contribution is -2.23. The summed E-state index contributed by atoms with van der Waals surface area (Å²) in [5.41, 5.74) is 3.03. The van der Waals surface area contributed by atoms with Crippen LogP contribution in [0.5, 0.6) is 5.75 Å². The Kier molecular flexibility index (Phi) is 2.48. The molecule has 1 atom stereocenters. The first-order valence-electron chi connectivity index (χ1n) is 5.47. The Morgan fingerprint density at radius 2 is 2.29 bits per heavy atom. The van der Waals surface area contributed by atoms with Crippen LogP contribution in [0.15, 0.2) is 35.1 Å². The summed E-state index contributed by atoms with van der Waals surface area (Å²) >= 11 is 6.01. The van der Waals surface area contributed by atoms with Gasteiger partial charge in [0.25, 0.3) is 0 Å². The third kappa shape index (κ3) is 1.87. The molecule has 1 aliphatic heterocycles. The zero-order chi connectivity index (χ0) is 11.8. The number of furan rings is 1. The third-order valence-corrected chi connectivity index (χ3v) is 3.11. The average Bonchev–Trinajstić information content (AvgIpc) is 2.82. The molecular formula is C13H12ClNO2. The lowest BCUT2D eigenvalue weighted by atomic mass is 10.1. The van der Waals surface area contributed by atoms with E-state index >= 15 is 0 Å². The molecule has 0 saturated heterocycles. The Bertz CT molecular complexity index is 537. The van der Waals surface area contributed by atoms with Gasteiger partial charge in [-0.2, -0.15) is 0 Å². The molecule has 1 unspecified atom stereocenters. The van der Waals surface area contributed by atoms with Gasteiger partial charge in [-0.05, 0) is 30.7 Å².